The molecule has 0 bridgehead atoms. The lowest BCUT2D eigenvalue weighted by atomic mass is 10.2. The number of esters is 1. The average Bonchev–Trinajstić information content (AvgIpc) is 2.31. The highest BCUT2D eigenvalue weighted by Crippen LogP contribution is 2.17. The fraction of sp³-hybridized carbons (Fsp3) is 0.167. The van der Waals surface area contributed by atoms with Crippen LogP contribution in [0.5, 0.6) is 0 Å². The molecule has 0 unspecified atom stereocenters. The van der Waals surface area contributed by atoms with E-state index in [1.54, 1.807) is 31.2 Å². The number of nitrogens with one attached hydrogen (secondary N) is 1. The van der Waals surface area contributed by atoms with E-state index in [-0.39, 0.29) is 12.3 Å². The van der Waals surface area contributed by atoms with Gasteiger partial charge in [-0.05, 0) is 24.6 Å². The molecule has 0 fully saturated rings. The van der Waals surface area contributed by atoms with Gasteiger partial charge < -0.3 is 10.1 Å². The molecule has 1 rings (SSSR count). The Kier molecular flexibility index (Phi) is 5.23. The van der Waals surface area contributed by atoms with Crippen molar-refractivity contribution in [1.82, 2.24) is 5.32 Å². The molecule has 0 atom stereocenters. The van der Waals surface area contributed by atoms with Gasteiger partial charge in [0.25, 0.3) is 0 Å². The first-order valence-corrected chi connectivity index (χ1v) is 5.40. The average molecular weight is 254 g/mol. The molecule has 0 aliphatic heterocycles. The van der Waals surface area contributed by atoms with Gasteiger partial charge in [0.05, 0.1) is 6.61 Å². The summed E-state index contributed by atoms with van der Waals surface area (Å²) in [5.41, 5.74) is 0.682. The van der Waals surface area contributed by atoms with E-state index in [0.29, 0.717) is 17.0 Å². The third-order valence-electron chi connectivity index (χ3n) is 1.91. The van der Waals surface area contributed by atoms with Crippen LogP contribution in [0.3, 0.4) is 0 Å². The summed E-state index contributed by atoms with van der Waals surface area (Å²) < 4.78 is 4.80. The van der Waals surface area contributed by atoms with Gasteiger partial charge in [0.15, 0.2) is 0 Å². The summed E-state index contributed by atoms with van der Waals surface area (Å²) in [5.74, 6) is -0.598. The Balaban J connectivity index is 3.01. The van der Waals surface area contributed by atoms with Crippen molar-refractivity contribution in [3.8, 4) is 0 Å². The molecule has 1 aromatic rings. The Morgan fingerprint density at radius 1 is 1.47 bits per heavy atom. The first-order valence-electron chi connectivity index (χ1n) is 5.02. The zero-order valence-electron chi connectivity index (χ0n) is 9.27. The lowest BCUT2D eigenvalue weighted by Gasteiger charge is -2.06. The summed E-state index contributed by atoms with van der Waals surface area (Å²) in [5, 5.41) is 2.78. The van der Waals surface area contributed by atoms with Crippen LogP contribution in [0.2, 0.25) is 5.02 Å². The Morgan fingerprint density at radius 2 is 2.18 bits per heavy atom. The highest BCUT2D eigenvalue weighted by molar-refractivity contribution is 6.32. The van der Waals surface area contributed by atoms with Gasteiger partial charge in [0.1, 0.15) is 5.70 Å². The van der Waals surface area contributed by atoms with E-state index in [1.807, 2.05) is 0 Å². The number of amides is 1. The number of carbonyl (C=O) groups is 2. The zero-order chi connectivity index (χ0) is 12.7. The van der Waals surface area contributed by atoms with Gasteiger partial charge in [0.2, 0.25) is 6.41 Å². The number of hydrogen-bond donors (Lipinski definition) is 1. The first kappa shape index (κ1) is 13.3. The van der Waals surface area contributed by atoms with Crippen LogP contribution >= 0.6 is 11.6 Å². The van der Waals surface area contributed by atoms with Crippen LogP contribution in [0, 0.1) is 0 Å². The second-order valence-corrected chi connectivity index (χ2v) is 3.47. The van der Waals surface area contributed by atoms with Gasteiger partial charge in [-0.1, -0.05) is 29.8 Å². The number of ether oxygens (including phenoxy) is 1. The number of halogens is 1. The molecule has 1 amide bonds. The molecule has 0 radical (unpaired) electrons. The van der Waals surface area contributed by atoms with Crippen LogP contribution in [-0.4, -0.2) is 19.0 Å². The highest BCUT2D eigenvalue weighted by atomic mass is 35.5. The Labute approximate surface area is 104 Å². The van der Waals surface area contributed by atoms with Gasteiger partial charge in [-0.3, -0.25) is 4.79 Å². The van der Waals surface area contributed by atoms with E-state index in [9.17, 15) is 9.59 Å². The predicted octanol–water partition coefficient (Wildman–Crippen LogP) is 1.99. The molecule has 90 valence electrons. The van der Waals surface area contributed by atoms with Gasteiger partial charge in [-0.2, -0.15) is 0 Å². The van der Waals surface area contributed by atoms with Gasteiger partial charge >= 0.3 is 5.97 Å². The molecule has 0 spiro atoms. The molecule has 5 heteroatoms. The van der Waals surface area contributed by atoms with E-state index in [1.165, 1.54) is 6.08 Å². The van der Waals surface area contributed by atoms with Crippen molar-refractivity contribution in [2.45, 2.75) is 6.92 Å². The predicted molar refractivity (Wildman–Crippen MR) is 65.3 cm³/mol. The maximum absolute atomic E-state index is 11.5. The second kappa shape index (κ2) is 6.70. The largest absolute Gasteiger partial charge is 0.461 e. The van der Waals surface area contributed by atoms with E-state index in [4.69, 9.17) is 16.3 Å². The van der Waals surface area contributed by atoms with Crippen LogP contribution in [-0.2, 0) is 14.3 Å². The van der Waals surface area contributed by atoms with Crippen LogP contribution in [0.25, 0.3) is 6.08 Å². The molecular weight excluding hydrogens is 242 g/mol. The minimum absolute atomic E-state index is 0.0509. The van der Waals surface area contributed by atoms with Crippen LogP contribution in [0.1, 0.15) is 12.5 Å². The van der Waals surface area contributed by atoms with Crippen molar-refractivity contribution in [3.05, 3.63) is 40.5 Å². The molecule has 0 aliphatic rings. The van der Waals surface area contributed by atoms with Crippen molar-refractivity contribution in [2.75, 3.05) is 6.61 Å². The Hall–Kier alpha value is -1.81. The fourth-order valence-electron chi connectivity index (χ4n) is 1.18. The molecule has 0 heterocycles. The third kappa shape index (κ3) is 3.92. The minimum atomic E-state index is -0.598. The normalized spacial score (nSPS) is 10.8. The lowest BCUT2D eigenvalue weighted by Crippen LogP contribution is -2.20. The van der Waals surface area contributed by atoms with Crippen molar-refractivity contribution in [1.29, 1.82) is 0 Å². The van der Waals surface area contributed by atoms with Crippen LogP contribution in [0.15, 0.2) is 30.0 Å². The number of carbonyl (C=O) groups excluding carboxylic acids is 2. The molecular formula is C12H12ClNO3. The van der Waals surface area contributed by atoms with Crippen molar-refractivity contribution >= 4 is 30.1 Å². The van der Waals surface area contributed by atoms with Gasteiger partial charge in [-0.25, -0.2) is 4.79 Å². The molecule has 17 heavy (non-hydrogen) atoms. The molecule has 1 aromatic carbocycles. The molecule has 0 aliphatic carbocycles. The summed E-state index contributed by atoms with van der Waals surface area (Å²) in [6.45, 7) is 1.92. The molecule has 0 saturated carbocycles. The van der Waals surface area contributed by atoms with Crippen molar-refractivity contribution < 1.29 is 14.3 Å². The smallest absolute Gasteiger partial charge is 0.354 e. The minimum Gasteiger partial charge on any atom is -0.461 e. The van der Waals surface area contributed by atoms with E-state index >= 15 is 0 Å². The molecule has 4 nitrogen and oxygen atoms in total. The SMILES string of the molecule is CCOC(=O)C(=Cc1ccccc1Cl)NC=O. The monoisotopic (exact) mass is 253 g/mol. The highest BCUT2D eigenvalue weighted by Gasteiger charge is 2.10. The van der Waals surface area contributed by atoms with Crippen molar-refractivity contribution in [2.24, 2.45) is 0 Å². The Bertz CT molecular complexity index is 443. The van der Waals surface area contributed by atoms with Crippen molar-refractivity contribution in [3.63, 3.8) is 0 Å². The number of rotatable bonds is 5. The van der Waals surface area contributed by atoms with Crippen LogP contribution in [0.4, 0.5) is 0 Å². The maximum Gasteiger partial charge on any atom is 0.354 e. The van der Waals surface area contributed by atoms with E-state index in [0.717, 1.165) is 0 Å². The summed E-state index contributed by atoms with van der Waals surface area (Å²) in [4.78, 5) is 21.9. The second-order valence-electron chi connectivity index (χ2n) is 3.06. The number of benzene rings is 1. The first-order chi connectivity index (χ1) is 8.19. The summed E-state index contributed by atoms with van der Waals surface area (Å²) >= 11 is 5.94. The maximum atomic E-state index is 11.5. The van der Waals surface area contributed by atoms with E-state index < -0.39 is 5.97 Å². The topological polar surface area (TPSA) is 55.4 Å². The third-order valence-corrected chi connectivity index (χ3v) is 2.26. The summed E-state index contributed by atoms with van der Waals surface area (Å²) in [6.07, 6.45) is 1.88. The molecule has 0 aromatic heterocycles. The fourth-order valence-corrected chi connectivity index (χ4v) is 1.37. The van der Waals surface area contributed by atoms with Crippen LogP contribution < -0.4 is 5.32 Å². The zero-order valence-corrected chi connectivity index (χ0v) is 10.0. The number of hydrogen-bond acceptors (Lipinski definition) is 3. The van der Waals surface area contributed by atoms with Gasteiger partial charge in [0, 0.05) is 5.02 Å². The summed E-state index contributed by atoms with van der Waals surface area (Å²) in [7, 11) is 0. The summed E-state index contributed by atoms with van der Waals surface area (Å²) in [6, 6.07) is 6.98. The molecule has 0 saturated heterocycles. The van der Waals surface area contributed by atoms with E-state index in [2.05, 4.69) is 5.32 Å². The van der Waals surface area contributed by atoms with Gasteiger partial charge in [-0.15, -0.1) is 0 Å². The molecule has 1 N–H and O–H groups in total. The standard InChI is InChI=1S/C12H12ClNO3/c1-2-17-12(16)11(14-8-15)7-9-5-3-4-6-10(9)13/h3-8H,2H2,1H3,(H,14,15). The lowest BCUT2D eigenvalue weighted by molar-refractivity contribution is -0.139. The Morgan fingerprint density at radius 3 is 2.76 bits per heavy atom. The quantitative estimate of drug-likeness (QED) is 0.496.